The number of carbonyl (C=O) groups excluding carboxylic acids is 2. The predicted molar refractivity (Wildman–Crippen MR) is 135 cm³/mol. The molecule has 6 rings (SSSR count). The zero-order valence-corrected chi connectivity index (χ0v) is 20.0. The van der Waals surface area contributed by atoms with Gasteiger partial charge in [-0.2, -0.15) is 5.10 Å². The van der Waals surface area contributed by atoms with Crippen LogP contribution in [0.2, 0.25) is 0 Å². The van der Waals surface area contributed by atoms with Crippen molar-refractivity contribution in [1.29, 1.82) is 0 Å². The number of rotatable bonds is 7. The Balaban J connectivity index is 1.45. The van der Waals surface area contributed by atoms with Crippen molar-refractivity contribution in [3.05, 3.63) is 95.9 Å². The second-order valence-corrected chi connectivity index (χ2v) is 10.1. The lowest BCUT2D eigenvalue weighted by atomic mass is 9.74. The van der Waals surface area contributed by atoms with Crippen LogP contribution in [0.15, 0.2) is 79.0 Å². The molecule has 3 aromatic carbocycles. The second-order valence-electron chi connectivity index (χ2n) is 10.1. The van der Waals surface area contributed by atoms with Gasteiger partial charge in [-0.05, 0) is 67.3 Å². The number of fused-ring (bicyclic) bond motifs is 1. The minimum Gasteiger partial charge on any atom is -0.353 e. The van der Waals surface area contributed by atoms with E-state index in [0.717, 1.165) is 47.0 Å². The molecule has 1 saturated carbocycles. The summed E-state index contributed by atoms with van der Waals surface area (Å²) in [5.74, 6) is -0.262. The number of carbonyl (C=O) groups is 2. The lowest BCUT2D eigenvalue weighted by Gasteiger charge is -2.43. The van der Waals surface area contributed by atoms with Gasteiger partial charge < -0.3 is 10.2 Å². The van der Waals surface area contributed by atoms with Crippen molar-refractivity contribution in [3.8, 4) is 5.69 Å². The van der Waals surface area contributed by atoms with Crippen LogP contribution >= 0.6 is 0 Å². The summed E-state index contributed by atoms with van der Waals surface area (Å²) >= 11 is 0. The molecule has 2 aliphatic rings. The molecule has 7 heteroatoms. The molecule has 0 spiro atoms. The molecule has 1 aliphatic heterocycles. The number of halogens is 1. The third kappa shape index (κ3) is 3.49. The maximum atomic E-state index is 13.5. The van der Waals surface area contributed by atoms with Crippen LogP contribution in [0.25, 0.3) is 16.6 Å². The average molecular weight is 483 g/mol. The first-order chi connectivity index (χ1) is 17.4. The minimum atomic E-state index is -0.619. The van der Waals surface area contributed by atoms with Crippen LogP contribution in [-0.2, 0) is 21.7 Å². The highest BCUT2D eigenvalue weighted by Crippen LogP contribution is 2.57. The van der Waals surface area contributed by atoms with Crippen molar-refractivity contribution in [3.63, 3.8) is 0 Å². The van der Waals surface area contributed by atoms with Crippen LogP contribution in [0.5, 0.6) is 0 Å². The fourth-order valence-electron chi connectivity index (χ4n) is 6.02. The predicted octanol–water partition coefficient (Wildman–Crippen LogP) is 4.71. The van der Waals surface area contributed by atoms with Gasteiger partial charge in [0.2, 0.25) is 12.3 Å². The van der Waals surface area contributed by atoms with Crippen LogP contribution in [0.3, 0.4) is 0 Å². The van der Waals surface area contributed by atoms with Gasteiger partial charge in [-0.25, -0.2) is 9.07 Å². The highest BCUT2D eigenvalue weighted by atomic mass is 19.1. The van der Waals surface area contributed by atoms with E-state index in [4.69, 9.17) is 0 Å². The van der Waals surface area contributed by atoms with E-state index >= 15 is 0 Å². The second kappa shape index (κ2) is 8.29. The van der Waals surface area contributed by atoms with E-state index in [0.29, 0.717) is 13.0 Å². The van der Waals surface area contributed by atoms with Gasteiger partial charge in [0.1, 0.15) is 5.82 Å². The van der Waals surface area contributed by atoms with Crippen molar-refractivity contribution < 1.29 is 14.0 Å². The summed E-state index contributed by atoms with van der Waals surface area (Å²) in [6.45, 7) is 2.63. The van der Waals surface area contributed by atoms with Crippen LogP contribution in [0.1, 0.15) is 37.3 Å². The number of nitrogens with one attached hydrogen (secondary N) is 1. The molecule has 36 heavy (non-hydrogen) atoms. The number of likely N-dealkylation sites (tertiary alicyclic amines) is 1. The molecule has 2 fully saturated rings. The van der Waals surface area contributed by atoms with E-state index in [-0.39, 0.29) is 23.2 Å². The minimum absolute atomic E-state index is 0.0593. The Labute approximate surface area is 208 Å². The normalized spacial score (nSPS) is 22.7. The third-order valence-corrected chi connectivity index (χ3v) is 8.13. The molecular formula is C29H27FN4O2. The van der Waals surface area contributed by atoms with Gasteiger partial charge in [0, 0.05) is 29.8 Å². The molecule has 0 unspecified atom stereocenters. The van der Waals surface area contributed by atoms with E-state index in [1.165, 1.54) is 12.1 Å². The fraction of sp³-hybridized carbons (Fsp3) is 0.276. The lowest BCUT2D eigenvalue weighted by Crippen LogP contribution is -2.51. The van der Waals surface area contributed by atoms with Crippen LogP contribution in [0.4, 0.5) is 4.39 Å². The van der Waals surface area contributed by atoms with Crippen molar-refractivity contribution in [2.75, 3.05) is 0 Å². The van der Waals surface area contributed by atoms with Crippen molar-refractivity contribution in [2.24, 2.45) is 5.92 Å². The maximum absolute atomic E-state index is 13.5. The molecule has 0 radical (unpaired) electrons. The molecule has 1 aliphatic carbocycles. The summed E-state index contributed by atoms with van der Waals surface area (Å²) in [5, 5.41) is 8.55. The Morgan fingerprint density at radius 1 is 1.08 bits per heavy atom. The molecule has 182 valence electrons. The Kier molecular flexibility index (Phi) is 5.18. The van der Waals surface area contributed by atoms with E-state index in [9.17, 15) is 14.0 Å². The molecule has 1 saturated heterocycles. The van der Waals surface area contributed by atoms with Gasteiger partial charge >= 0.3 is 0 Å². The van der Waals surface area contributed by atoms with Gasteiger partial charge in [0.05, 0.1) is 22.9 Å². The highest BCUT2D eigenvalue weighted by Gasteiger charge is 2.63. The van der Waals surface area contributed by atoms with Crippen molar-refractivity contribution >= 4 is 23.2 Å². The summed E-state index contributed by atoms with van der Waals surface area (Å²) < 4.78 is 15.2. The third-order valence-electron chi connectivity index (χ3n) is 8.13. The average Bonchev–Trinajstić information content (AvgIpc) is 3.47. The molecule has 2 heterocycles. The first-order valence-corrected chi connectivity index (χ1v) is 12.2. The summed E-state index contributed by atoms with van der Waals surface area (Å²) in [5.41, 5.74) is 2.76. The molecule has 2 atom stereocenters. The van der Waals surface area contributed by atoms with E-state index in [1.54, 1.807) is 23.0 Å². The Morgan fingerprint density at radius 2 is 1.83 bits per heavy atom. The van der Waals surface area contributed by atoms with Crippen molar-refractivity contribution in [1.82, 2.24) is 20.0 Å². The SMILES string of the molecule is C[C@]1(c2ccc3c(cnn3-c3ccc(F)cc3)c2)[C@H](C2(NC=O)CC2)CC(=O)N1Cc1ccccc1. The van der Waals surface area contributed by atoms with Gasteiger partial charge in [0.25, 0.3) is 0 Å². The lowest BCUT2D eigenvalue weighted by molar-refractivity contribution is -0.132. The molecule has 0 bridgehead atoms. The summed E-state index contributed by atoms with van der Waals surface area (Å²) in [4.78, 5) is 27.0. The van der Waals surface area contributed by atoms with Crippen LogP contribution in [0, 0.1) is 11.7 Å². The monoisotopic (exact) mass is 482 g/mol. The van der Waals surface area contributed by atoms with Crippen LogP contribution < -0.4 is 5.32 Å². The largest absolute Gasteiger partial charge is 0.353 e. The Bertz CT molecular complexity index is 1450. The zero-order valence-electron chi connectivity index (χ0n) is 20.0. The first-order valence-electron chi connectivity index (χ1n) is 12.2. The fourth-order valence-corrected chi connectivity index (χ4v) is 6.02. The van der Waals surface area contributed by atoms with E-state index < -0.39 is 5.54 Å². The summed E-state index contributed by atoms with van der Waals surface area (Å²) in [6, 6.07) is 22.4. The highest BCUT2D eigenvalue weighted by molar-refractivity contribution is 5.84. The number of benzene rings is 3. The molecule has 4 aromatic rings. The Morgan fingerprint density at radius 3 is 2.53 bits per heavy atom. The molecular weight excluding hydrogens is 455 g/mol. The van der Waals surface area contributed by atoms with Crippen LogP contribution in [-0.4, -0.2) is 32.5 Å². The number of nitrogens with zero attached hydrogens (tertiary/aromatic N) is 3. The van der Waals surface area contributed by atoms with E-state index in [2.05, 4.69) is 29.5 Å². The van der Waals surface area contributed by atoms with Gasteiger partial charge in [-0.15, -0.1) is 0 Å². The van der Waals surface area contributed by atoms with Crippen molar-refractivity contribution in [2.45, 2.75) is 43.8 Å². The van der Waals surface area contributed by atoms with Gasteiger partial charge in [0.15, 0.2) is 0 Å². The summed E-state index contributed by atoms with van der Waals surface area (Å²) in [7, 11) is 0. The number of hydrogen-bond acceptors (Lipinski definition) is 3. The number of hydrogen-bond donors (Lipinski definition) is 1. The number of aromatic nitrogens is 2. The summed E-state index contributed by atoms with van der Waals surface area (Å²) in [6.07, 6.45) is 4.69. The van der Waals surface area contributed by atoms with Gasteiger partial charge in [-0.1, -0.05) is 36.4 Å². The number of amides is 2. The quantitative estimate of drug-likeness (QED) is 0.388. The molecule has 6 nitrogen and oxygen atoms in total. The van der Waals surface area contributed by atoms with E-state index in [1.807, 2.05) is 41.3 Å². The molecule has 2 amide bonds. The molecule has 1 aromatic heterocycles. The zero-order chi connectivity index (χ0) is 24.9. The first kappa shape index (κ1) is 22.5. The Hall–Kier alpha value is -4.00. The smallest absolute Gasteiger partial charge is 0.224 e. The van der Waals surface area contributed by atoms with Gasteiger partial charge in [-0.3, -0.25) is 9.59 Å². The standard InChI is InChI=1S/C29H27FN4O2/c1-28(22-7-12-25-21(15-22)17-32-34(25)24-10-8-23(30)9-11-24)26(29(13-14-29)31-19-35)16-27(36)33(28)18-20-5-3-2-4-6-20/h2-12,15,17,19,26H,13-14,16,18H2,1H3,(H,31,35)/t26-,28+/m1/s1. The maximum Gasteiger partial charge on any atom is 0.224 e. The molecule has 1 N–H and O–H groups in total. The topological polar surface area (TPSA) is 67.2 Å².